The van der Waals surface area contributed by atoms with Gasteiger partial charge in [0.15, 0.2) is 0 Å². The van der Waals surface area contributed by atoms with Gasteiger partial charge in [-0.1, -0.05) is 30.4 Å². The molecule has 66 valence electrons. The van der Waals surface area contributed by atoms with Crippen molar-refractivity contribution in [1.82, 2.24) is 0 Å². The van der Waals surface area contributed by atoms with Gasteiger partial charge in [0.2, 0.25) is 0 Å². The normalized spacial score (nSPS) is 20.6. The minimum absolute atomic E-state index is 0.740. The molecule has 0 aliphatic heterocycles. The molecule has 0 spiro atoms. The second-order valence-corrected chi connectivity index (χ2v) is 3.04. The number of hydrogen-bond donors (Lipinski definition) is 1. The first-order valence-corrected chi connectivity index (χ1v) is 4.66. The molecule has 0 saturated carbocycles. The first-order valence-electron chi connectivity index (χ1n) is 4.66. The highest BCUT2D eigenvalue weighted by Gasteiger charge is 1.90. The van der Waals surface area contributed by atoms with Crippen LogP contribution in [0.2, 0.25) is 0 Å². The fraction of sp³-hybridized carbons (Fsp3) is 0.455. The predicted octanol–water partition coefficient (Wildman–Crippen LogP) is 2.56. The van der Waals surface area contributed by atoms with Crippen molar-refractivity contribution < 1.29 is 0 Å². The largest absolute Gasteiger partial charge is 0.330 e. The fourth-order valence-electron chi connectivity index (χ4n) is 1.27. The zero-order valence-electron chi connectivity index (χ0n) is 7.50. The zero-order valence-corrected chi connectivity index (χ0v) is 7.50. The molecule has 0 aromatic carbocycles. The van der Waals surface area contributed by atoms with E-state index in [0.29, 0.717) is 0 Å². The highest BCUT2D eigenvalue weighted by atomic mass is 14.5. The average Bonchev–Trinajstić information content (AvgIpc) is 2.19. The van der Waals surface area contributed by atoms with E-state index in [1.165, 1.54) is 24.8 Å². The van der Waals surface area contributed by atoms with Crippen LogP contribution in [0.1, 0.15) is 25.7 Å². The van der Waals surface area contributed by atoms with E-state index in [4.69, 9.17) is 5.73 Å². The lowest BCUT2D eigenvalue weighted by Crippen LogP contribution is -1.98. The SMILES string of the molecule is NCCC1=C/C=C\CCCC=C1. The molecule has 0 saturated heterocycles. The monoisotopic (exact) mass is 163 g/mol. The molecule has 1 nitrogen and oxygen atoms in total. The molecule has 1 heteroatoms. The third kappa shape index (κ3) is 3.54. The van der Waals surface area contributed by atoms with Crippen LogP contribution in [0.5, 0.6) is 0 Å². The van der Waals surface area contributed by atoms with Crippen molar-refractivity contribution in [3.8, 4) is 0 Å². The first kappa shape index (κ1) is 9.27. The molecule has 2 N–H and O–H groups in total. The molecule has 0 aromatic heterocycles. The molecular formula is C11H17N. The van der Waals surface area contributed by atoms with Gasteiger partial charge in [-0.3, -0.25) is 0 Å². The van der Waals surface area contributed by atoms with E-state index in [-0.39, 0.29) is 0 Å². The minimum atomic E-state index is 0.740. The van der Waals surface area contributed by atoms with Crippen molar-refractivity contribution in [3.63, 3.8) is 0 Å². The van der Waals surface area contributed by atoms with Gasteiger partial charge in [-0.05, 0) is 37.8 Å². The van der Waals surface area contributed by atoms with Crippen LogP contribution in [0.4, 0.5) is 0 Å². The quantitative estimate of drug-likeness (QED) is 0.665. The number of hydrogen-bond acceptors (Lipinski definition) is 1. The molecule has 12 heavy (non-hydrogen) atoms. The molecule has 1 aliphatic carbocycles. The van der Waals surface area contributed by atoms with Crippen molar-refractivity contribution in [3.05, 3.63) is 36.0 Å². The molecule has 0 heterocycles. The number of rotatable bonds is 2. The topological polar surface area (TPSA) is 26.0 Å². The van der Waals surface area contributed by atoms with Gasteiger partial charge in [-0.15, -0.1) is 0 Å². The summed E-state index contributed by atoms with van der Waals surface area (Å²) in [7, 11) is 0. The van der Waals surface area contributed by atoms with E-state index in [1.54, 1.807) is 0 Å². The summed E-state index contributed by atoms with van der Waals surface area (Å²) in [6.45, 7) is 0.740. The van der Waals surface area contributed by atoms with Crippen molar-refractivity contribution in [1.29, 1.82) is 0 Å². The molecule has 0 aromatic rings. The molecule has 0 amide bonds. The van der Waals surface area contributed by atoms with Crippen LogP contribution in [0.25, 0.3) is 0 Å². The summed E-state index contributed by atoms with van der Waals surface area (Å²) in [5, 5.41) is 0. The molecule has 0 fully saturated rings. The first-order chi connectivity index (χ1) is 5.93. The Kier molecular flexibility index (Phi) is 4.47. The third-order valence-corrected chi connectivity index (χ3v) is 1.95. The van der Waals surface area contributed by atoms with Gasteiger partial charge < -0.3 is 5.73 Å². The summed E-state index contributed by atoms with van der Waals surface area (Å²) >= 11 is 0. The molecule has 0 atom stereocenters. The highest BCUT2D eigenvalue weighted by Crippen LogP contribution is 2.08. The Labute approximate surface area is 74.7 Å². The van der Waals surface area contributed by atoms with E-state index < -0.39 is 0 Å². The van der Waals surface area contributed by atoms with Crippen LogP contribution in [-0.2, 0) is 0 Å². The Morgan fingerprint density at radius 3 is 2.92 bits per heavy atom. The van der Waals surface area contributed by atoms with Gasteiger partial charge in [-0.2, -0.15) is 0 Å². The third-order valence-electron chi connectivity index (χ3n) is 1.95. The summed E-state index contributed by atoms with van der Waals surface area (Å²) in [5.74, 6) is 0. The van der Waals surface area contributed by atoms with Crippen molar-refractivity contribution in [2.75, 3.05) is 6.54 Å². The van der Waals surface area contributed by atoms with Crippen molar-refractivity contribution in [2.24, 2.45) is 5.73 Å². The van der Waals surface area contributed by atoms with Crippen molar-refractivity contribution in [2.45, 2.75) is 25.7 Å². The highest BCUT2D eigenvalue weighted by molar-refractivity contribution is 5.24. The fourth-order valence-corrected chi connectivity index (χ4v) is 1.27. The number of nitrogens with two attached hydrogens (primary N) is 1. The average molecular weight is 163 g/mol. The molecule has 0 bridgehead atoms. The molecule has 1 aliphatic rings. The van der Waals surface area contributed by atoms with E-state index in [2.05, 4.69) is 30.4 Å². The van der Waals surface area contributed by atoms with Gasteiger partial charge in [0.25, 0.3) is 0 Å². The van der Waals surface area contributed by atoms with Gasteiger partial charge in [0, 0.05) is 0 Å². The summed E-state index contributed by atoms with van der Waals surface area (Å²) in [4.78, 5) is 0. The van der Waals surface area contributed by atoms with Crippen LogP contribution < -0.4 is 5.73 Å². The second-order valence-electron chi connectivity index (χ2n) is 3.04. The lowest BCUT2D eigenvalue weighted by Gasteiger charge is -1.96. The Morgan fingerprint density at radius 2 is 2.08 bits per heavy atom. The van der Waals surface area contributed by atoms with Gasteiger partial charge >= 0.3 is 0 Å². The smallest absolute Gasteiger partial charge is 0.00367 e. The second kappa shape index (κ2) is 5.78. The molecule has 0 unspecified atom stereocenters. The van der Waals surface area contributed by atoms with Crippen LogP contribution in [0, 0.1) is 0 Å². The van der Waals surface area contributed by atoms with E-state index in [0.717, 1.165) is 13.0 Å². The number of allylic oxidation sites excluding steroid dienone is 5. The summed E-state index contributed by atoms with van der Waals surface area (Å²) in [6.07, 6.45) is 15.6. The van der Waals surface area contributed by atoms with Crippen LogP contribution >= 0.6 is 0 Å². The predicted molar refractivity (Wildman–Crippen MR) is 53.9 cm³/mol. The van der Waals surface area contributed by atoms with Gasteiger partial charge in [0.1, 0.15) is 0 Å². The van der Waals surface area contributed by atoms with Crippen LogP contribution in [0.3, 0.4) is 0 Å². The molecule has 1 rings (SSSR count). The van der Waals surface area contributed by atoms with Crippen molar-refractivity contribution >= 4 is 0 Å². The van der Waals surface area contributed by atoms with E-state index >= 15 is 0 Å². The Balaban J connectivity index is 2.58. The Bertz CT molecular complexity index is 199. The Hall–Kier alpha value is -0.820. The molecule has 0 radical (unpaired) electrons. The van der Waals surface area contributed by atoms with Crippen LogP contribution in [-0.4, -0.2) is 6.54 Å². The lowest BCUT2D eigenvalue weighted by atomic mass is 10.1. The maximum atomic E-state index is 5.49. The van der Waals surface area contributed by atoms with E-state index in [9.17, 15) is 0 Å². The standard InChI is InChI=1S/C11H17N/c12-10-9-11-7-5-3-1-2-4-6-8-11/h3,5-8H,1-2,4,9-10,12H2/b5-3-,8-6?,11-7?. The van der Waals surface area contributed by atoms with Gasteiger partial charge in [-0.25, -0.2) is 0 Å². The van der Waals surface area contributed by atoms with E-state index in [1.807, 2.05) is 0 Å². The maximum Gasteiger partial charge on any atom is -0.00367 e. The Morgan fingerprint density at radius 1 is 1.25 bits per heavy atom. The zero-order chi connectivity index (χ0) is 8.65. The minimum Gasteiger partial charge on any atom is -0.330 e. The summed E-state index contributed by atoms with van der Waals surface area (Å²) in [6, 6.07) is 0. The van der Waals surface area contributed by atoms with Gasteiger partial charge in [0.05, 0.1) is 0 Å². The van der Waals surface area contributed by atoms with Crippen LogP contribution in [0.15, 0.2) is 36.0 Å². The molecular weight excluding hydrogens is 146 g/mol. The lowest BCUT2D eigenvalue weighted by molar-refractivity contribution is 0.868. The summed E-state index contributed by atoms with van der Waals surface area (Å²) < 4.78 is 0. The maximum absolute atomic E-state index is 5.49. The summed E-state index contributed by atoms with van der Waals surface area (Å²) in [5.41, 5.74) is 6.83.